The van der Waals surface area contributed by atoms with Gasteiger partial charge in [0.25, 0.3) is 0 Å². The molecule has 4 unspecified atom stereocenters. The highest BCUT2D eigenvalue weighted by atomic mass is 16.1. The maximum absolute atomic E-state index is 11.9. The van der Waals surface area contributed by atoms with E-state index in [9.17, 15) is 4.79 Å². The van der Waals surface area contributed by atoms with E-state index < -0.39 is 0 Å². The first-order valence-corrected chi connectivity index (χ1v) is 6.12. The molecule has 15 heavy (non-hydrogen) atoms. The molecule has 0 aliphatic heterocycles. The minimum Gasteiger partial charge on any atom is -0.353 e. The quantitative estimate of drug-likeness (QED) is 0.731. The summed E-state index contributed by atoms with van der Waals surface area (Å²) in [7, 11) is 0. The molecule has 2 saturated carbocycles. The van der Waals surface area contributed by atoms with E-state index in [2.05, 4.69) is 12.2 Å². The van der Waals surface area contributed by atoms with Gasteiger partial charge in [-0.05, 0) is 50.5 Å². The lowest BCUT2D eigenvalue weighted by Crippen LogP contribution is -2.42. The monoisotopic (exact) mass is 210 g/mol. The second-order valence-corrected chi connectivity index (χ2v) is 5.43. The van der Waals surface area contributed by atoms with Crippen LogP contribution >= 0.6 is 0 Å². The van der Waals surface area contributed by atoms with Gasteiger partial charge in [-0.15, -0.1) is 0 Å². The van der Waals surface area contributed by atoms with Gasteiger partial charge in [0.1, 0.15) is 0 Å². The summed E-state index contributed by atoms with van der Waals surface area (Å²) in [4.78, 5) is 11.9. The molecule has 86 valence electrons. The molecule has 2 fully saturated rings. The molecule has 0 bridgehead atoms. The summed E-state index contributed by atoms with van der Waals surface area (Å²) in [5, 5.41) is 3.09. The van der Waals surface area contributed by atoms with Crippen LogP contribution in [0.15, 0.2) is 0 Å². The van der Waals surface area contributed by atoms with Crippen LogP contribution < -0.4 is 11.1 Å². The van der Waals surface area contributed by atoms with Gasteiger partial charge in [-0.2, -0.15) is 0 Å². The largest absolute Gasteiger partial charge is 0.353 e. The first kappa shape index (κ1) is 10.9. The number of fused-ring (bicyclic) bond motifs is 1. The maximum atomic E-state index is 11.9. The highest BCUT2D eigenvalue weighted by molar-refractivity contribution is 5.79. The Balaban J connectivity index is 1.76. The molecule has 2 aliphatic carbocycles. The van der Waals surface area contributed by atoms with E-state index in [1.165, 1.54) is 6.42 Å². The fourth-order valence-corrected chi connectivity index (χ4v) is 2.62. The molecule has 0 aromatic rings. The standard InChI is InChI=1S/C12H22N2O/c1-7(6-13)8(2)14-12(15)11-4-9-3-10(9)5-11/h7-11H,3-6,13H2,1-2H3,(H,14,15). The molecule has 3 N–H and O–H groups in total. The fourth-order valence-electron chi connectivity index (χ4n) is 2.62. The second-order valence-electron chi connectivity index (χ2n) is 5.43. The lowest BCUT2D eigenvalue weighted by Gasteiger charge is -2.22. The molecule has 2 aliphatic rings. The Morgan fingerprint density at radius 1 is 1.33 bits per heavy atom. The minimum absolute atomic E-state index is 0.208. The molecule has 1 amide bonds. The van der Waals surface area contributed by atoms with Gasteiger partial charge in [-0.25, -0.2) is 0 Å². The van der Waals surface area contributed by atoms with Crippen LogP contribution in [0, 0.1) is 23.7 Å². The van der Waals surface area contributed by atoms with E-state index in [1.54, 1.807) is 0 Å². The van der Waals surface area contributed by atoms with Gasteiger partial charge in [-0.3, -0.25) is 4.79 Å². The summed E-state index contributed by atoms with van der Waals surface area (Å²) >= 11 is 0. The smallest absolute Gasteiger partial charge is 0.223 e. The third-order valence-electron chi connectivity index (χ3n) is 4.21. The second kappa shape index (κ2) is 4.12. The van der Waals surface area contributed by atoms with Crippen molar-refractivity contribution in [2.75, 3.05) is 6.54 Å². The van der Waals surface area contributed by atoms with Crippen molar-refractivity contribution in [2.24, 2.45) is 29.4 Å². The van der Waals surface area contributed by atoms with Gasteiger partial charge in [0.15, 0.2) is 0 Å². The van der Waals surface area contributed by atoms with Crippen molar-refractivity contribution in [3.8, 4) is 0 Å². The van der Waals surface area contributed by atoms with Crippen LogP contribution in [0.5, 0.6) is 0 Å². The van der Waals surface area contributed by atoms with Crippen molar-refractivity contribution in [1.29, 1.82) is 0 Å². The van der Waals surface area contributed by atoms with E-state index >= 15 is 0 Å². The zero-order valence-corrected chi connectivity index (χ0v) is 9.70. The number of hydrogen-bond donors (Lipinski definition) is 2. The SMILES string of the molecule is CC(CN)C(C)NC(=O)C1CC2CC2C1. The van der Waals surface area contributed by atoms with Crippen LogP contribution in [-0.4, -0.2) is 18.5 Å². The van der Waals surface area contributed by atoms with Crippen molar-refractivity contribution in [1.82, 2.24) is 5.32 Å². The van der Waals surface area contributed by atoms with Gasteiger partial charge in [0.05, 0.1) is 0 Å². The Bertz CT molecular complexity index is 244. The van der Waals surface area contributed by atoms with Crippen molar-refractivity contribution >= 4 is 5.91 Å². The van der Waals surface area contributed by atoms with Crippen molar-refractivity contribution in [3.63, 3.8) is 0 Å². The van der Waals surface area contributed by atoms with Crippen molar-refractivity contribution in [2.45, 2.75) is 39.2 Å². The van der Waals surface area contributed by atoms with Gasteiger partial charge in [0, 0.05) is 12.0 Å². The third-order valence-corrected chi connectivity index (χ3v) is 4.21. The lowest BCUT2D eigenvalue weighted by molar-refractivity contribution is -0.126. The number of amides is 1. The van der Waals surface area contributed by atoms with Crippen LogP contribution in [0.2, 0.25) is 0 Å². The highest BCUT2D eigenvalue weighted by Crippen LogP contribution is 2.54. The molecule has 0 aromatic heterocycles. The molecule has 0 spiro atoms. The Labute approximate surface area is 91.8 Å². The maximum Gasteiger partial charge on any atom is 0.223 e. The third kappa shape index (κ3) is 2.33. The molecule has 2 rings (SSSR count). The minimum atomic E-state index is 0.208. The summed E-state index contributed by atoms with van der Waals surface area (Å²) in [5.41, 5.74) is 5.58. The number of nitrogens with two attached hydrogens (primary N) is 1. The Kier molecular flexibility index (Phi) is 3.01. The molecular weight excluding hydrogens is 188 g/mol. The number of carbonyl (C=O) groups excluding carboxylic acids is 1. The summed E-state index contributed by atoms with van der Waals surface area (Å²) in [6, 6.07) is 0.208. The van der Waals surface area contributed by atoms with Gasteiger partial charge < -0.3 is 11.1 Å². The van der Waals surface area contributed by atoms with Crippen molar-refractivity contribution in [3.05, 3.63) is 0 Å². The molecule has 0 heterocycles. The summed E-state index contributed by atoms with van der Waals surface area (Å²) in [6.45, 7) is 4.76. The molecule has 4 atom stereocenters. The predicted molar refractivity (Wildman–Crippen MR) is 60.1 cm³/mol. The molecule has 3 heteroatoms. The van der Waals surface area contributed by atoms with E-state index in [1.807, 2.05) is 6.92 Å². The first-order valence-electron chi connectivity index (χ1n) is 6.12. The van der Waals surface area contributed by atoms with E-state index in [0.29, 0.717) is 18.4 Å². The molecule has 0 aromatic carbocycles. The number of carbonyl (C=O) groups is 1. The summed E-state index contributed by atoms with van der Waals surface area (Å²) < 4.78 is 0. The van der Waals surface area contributed by atoms with Crippen LogP contribution in [0.1, 0.15) is 33.1 Å². The topological polar surface area (TPSA) is 55.1 Å². The Morgan fingerprint density at radius 3 is 2.47 bits per heavy atom. The summed E-state index contributed by atoms with van der Waals surface area (Å²) in [5.74, 6) is 2.67. The Morgan fingerprint density at radius 2 is 1.93 bits per heavy atom. The zero-order chi connectivity index (χ0) is 11.0. The highest BCUT2D eigenvalue weighted by Gasteiger charge is 2.48. The number of rotatable bonds is 4. The number of nitrogens with one attached hydrogen (secondary N) is 1. The van der Waals surface area contributed by atoms with E-state index in [0.717, 1.165) is 24.7 Å². The molecule has 3 nitrogen and oxygen atoms in total. The molecule has 0 saturated heterocycles. The van der Waals surface area contributed by atoms with Crippen LogP contribution in [0.3, 0.4) is 0 Å². The molecular formula is C12H22N2O. The average Bonchev–Trinajstić information content (AvgIpc) is 2.84. The van der Waals surface area contributed by atoms with Crippen molar-refractivity contribution < 1.29 is 4.79 Å². The van der Waals surface area contributed by atoms with E-state index in [4.69, 9.17) is 5.73 Å². The van der Waals surface area contributed by atoms with Crippen LogP contribution in [-0.2, 0) is 4.79 Å². The fraction of sp³-hybridized carbons (Fsp3) is 0.917. The lowest BCUT2D eigenvalue weighted by atomic mass is 9.99. The summed E-state index contributed by atoms with van der Waals surface area (Å²) in [6.07, 6.45) is 3.62. The van der Waals surface area contributed by atoms with Crippen LogP contribution in [0.4, 0.5) is 0 Å². The molecule has 0 radical (unpaired) electrons. The van der Waals surface area contributed by atoms with Crippen LogP contribution in [0.25, 0.3) is 0 Å². The predicted octanol–water partition coefficient (Wildman–Crippen LogP) is 1.13. The average molecular weight is 210 g/mol. The zero-order valence-electron chi connectivity index (χ0n) is 9.70. The Hall–Kier alpha value is -0.570. The van der Waals surface area contributed by atoms with Gasteiger partial charge in [-0.1, -0.05) is 6.92 Å². The van der Waals surface area contributed by atoms with Gasteiger partial charge >= 0.3 is 0 Å². The van der Waals surface area contributed by atoms with Gasteiger partial charge in [0.2, 0.25) is 5.91 Å². The number of hydrogen-bond acceptors (Lipinski definition) is 2. The normalized spacial score (nSPS) is 36.9. The van der Waals surface area contributed by atoms with E-state index in [-0.39, 0.29) is 11.9 Å². The first-order chi connectivity index (χ1) is 7.11.